The van der Waals surface area contributed by atoms with Crippen LogP contribution in [0.15, 0.2) is 0 Å². The summed E-state index contributed by atoms with van der Waals surface area (Å²) in [5.74, 6) is -0.154. The minimum absolute atomic E-state index is 0.211. The maximum atomic E-state index is 11.1. The van der Waals surface area contributed by atoms with Crippen LogP contribution in [0.25, 0.3) is 0 Å². The monoisotopic (exact) mass is 253 g/mol. The minimum Gasteiger partial charge on any atom is -0.476 e. The van der Waals surface area contributed by atoms with Crippen molar-refractivity contribution in [2.24, 2.45) is 0 Å². The van der Waals surface area contributed by atoms with Gasteiger partial charge in [-0.15, -0.1) is 0 Å². The number of nitrogens with zero attached hydrogens (tertiary/aromatic N) is 2. The highest BCUT2D eigenvalue weighted by Crippen LogP contribution is 2.20. The predicted molar refractivity (Wildman–Crippen MR) is 65.9 cm³/mol. The molecule has 0 bridgehead atoms. The predicted octanol–water partition coefficient (Wildman–Crippen LogP) is 0.441. The quantitative estimate of drug-likeness (QED) is 0.745. The number of ether oxygens (including phenoxy) is 1. The van der Waals surface area contributed by atoms with Gasteiger partial charge in [0.15, 0.2) is 5.69 Å². The molecule has 1 unspecified atom stereocenters. The molecule has 2 N–H and O–H groups in total. The summed E-state index contributed by atoms with van der Waals surface area (Å²) in [7, 11) is 1.68. The van der Waals surface area contributed by atoms with Crippen molar-refractivity contribution in [1.29, 1.82) is 0 Å². The van der Waals surface area contributed by atoms with Crippen LogP contribution in [0.1, 0.15) is 28.4 Å². The number of rotatable bonds is 5. The van der Waals surface area contributed by atoms with Crippen molar-refractivity contribution in [1.82, 2.24) is 14.9 Å². The summed E-state index contributed by atoms with van der Waals surface area (Å²) >= 11 is 0. The summed E-state index contributed by atoms with van der Waals surface area (Å²) in [6.45, 7) is 4.14. The zero-order chi connectivity index (χ0) is 13.1. The second-order valence-electron chi connectivity index (χ2n) is 4.55. The van der Waals surface area contributed by atoms with Crippen molar-refractivity contribution < 1.29 is 14.6 Å². The number of aromatic nitrogens is 2. The second kappa shape index (κ2) is 5.49. The number of carboxylic acids is 1. The van der Waals surface area contributed by atoms with Crippen LogP contribution in [0, 0.1) is 6.92 Å². The lowest BCUT2D eigenvalue weighted by molar-refractivity contribution is 0.0689. The van der Waals surface area contributed by atoms with Gasteiger partial charge in [-0.25, -0.2) is 9.78 Å². The van der Waals surface area contributed by atoms with Crippen LogP contribution in [0.4, 0.5) is 0 Å². The molecule has 0 radical (unpaired) electrons. The molecule has 0 spiro atoms. The van der Waals surface area contributed by atoms with Gasteiger partial charge in [0.05, 0.1) is 12.3 Å². The van der Waals surface area contributed by atoms with Crippen molar-refractivity contribution in [2.45, 2.75) is 32.4 Å². The molecule has 18 heavy (non-hydrogen) atoms. The van der Waals surface area contributed by atoms with Crippen molar-refractivity contribution >= 4 is 5.97 Å². The average molecular weight is 253 g/mol. The van der Waals surface area contributed by atoms with Crippen molar-refractivity contribution in [3.63, 3.8) is 0 Å². The molecule has 0 saturated heterocycles. The first-order chi connectivity index (χ1) is 8.63. The van der Waals surface area contributed by atoms with Gasteiger partial charge in [-0.3, -0.25) is 0 Å². The molecule has 2 heterocycles. The zero-order valence-corrected chi connectivity index (χ0v) is 10.8. The molecular weight excluding hydrogens is 234 g/mol. The lowest BCUT2D eigenvalue weighted by Crippen LogP contribution is -2.39. The van der Waals surface area contributed by atoms with Gasteiger partial charge in [0.2, 0.25) is 0 Å². The molecule has 1 aromatic heterocycles. The van der Waals surface area contributed by atoms with Crippen molar-refractivity contribution in [3.05, 3.63) is 17.2 Å². The van der Waals surface area contributed by atoms with E-state index < -0.39 is 5.97 Å². The van der Waals surface area contributed by atoms with E-state index in [0.29, 0.717) is 12.6 Å². The molecule has 1 aromatic rings. The van der Waals surface area contributed by atoms with Crippen LogP contribution in [-0.2, 0) is 17.7 Å². The number of nitrogens with one attached hydrogen (secondary N) is 1. The van der Waals surface area contributed by atoms with Crippen LogP contribution in [0.2, 0.25) is 0 Å². The van der Waals surface area contributed by atoms with Gasteiger partial charge in [-0.2, -0.15) is 0 Å². The van der Waals surface area contributed by atoms with Crippen LogP contribution in [0.5, 0.6) is 0 Å². The van der Waals surface area contributed by atoms with Gasteiger partial charge in [-0.05, 0) is 19.8 Å². The number of aromatic carboxylic acids is 1. The van der Waals surface area contributed by atoms with Crippen LogP contribution < -0.4 is 5.32 Å². The number of hydrogen-bond donors (Lipinski definition) is 2. The highest BCUT2D eigenvalue weighted by atomic mass is 16.5. The van der Waals surface area contributed by atoms with E-state index in [2.05, 4.69) is 10.3 Å². The molecule has 100 valence electrons. The Bertz CT molecular complexity index is 442. The van der Waals surface area contributed by atoms with Crippen LogP contribution >= 0.6 is 0 Å². The van der Waals surface area contributed by atoms with E-state index in [-0.39, 0.29) is 5.69 Å². The smallest absolute Gasteiger partial charge is 0.356 e. The van der Waals surface area contributed by atoms with E-state index in [9.17, 15) is 4.79 Å². The summed E-state index contributed by atoms with van der Waals surface area (Å²) in [4.78, 5) is 15.2. The fraction of sp³-hybridized carbons (Fsp3) is 0.667. The molecule has 0 saturated carbocycles. The highest BCUT2D eigenvalue weighted by molar-refractivity contribution is 5.86. The van der Waals surface area contributed by atoms with Crippen molar-refractivity contribution in [3.8, 4) is 0 Å². The molecule has 1 aliphatic heterocycles. The number of hydrogen-bond acceptors (Lipinski definition) is 4. The zero-order valence-electron chi connectivity index (χ0n) is 10.8. The molecule has 0 aliphatic carbocycles. The molecule has 2 rings (SSSR count). The molecule has 0 aromatic carbocycles. The molecule has 1 atom stereocenters. The Labute approximate surface area is 106 Å². The van der Waals surface area contributed by atoms with Crippen LogP contribution in [-0.4, -0.2) is 46.9 Å². The van der Waals surface area contributed by atoms with E-state index in [1.807, 2.05) is 11.5 Å². The minimum atomic E-state index is -0.933. The second-order valence-corrected chi connectivity index (χ2v) is 4.55. The third kappa shape index (κ3) is 2.54. The van der Waals surface area contributed by atoms with E-state index in [0.717, 1.165) is 37.4 Å². The number of methoxy groups -OCH3 is 1. The summed E-state index contributed by atoms with van der Waals surface area (Å²) in [6.07, 6.45) is 1.70. The van der Waals surface area contributed by atoms with Gasteiger partial charge in [0.1, 0.15) is 5.82 Å². The maximum Gasteiger partial charge on any atom is 0.356 e. The highest BCUT2D eigenvalue weighted by Gasteiger charge is 2.26. The largest absolute Gasteiger partial charge is 0.476 e. The summed E-state index contributed by atoms with van der Waals surface area (Å²) in [6, 6.07) is 0.363. The third-order valence-electron chi connectivity index (χ3n) is 3.34. The normalized spacial score (nSPS) is 18.7. The van der Waals surface area contributed by atoms with Gasteiger partial charge in [0, 0.05) is 26.2 Å². The van der Waals surface area contributed by atoms with E-state index in [1.54, 1.807) is 7.11 Å². The van der Waals surface area contributed by atoms with Crippen LogP contribution in [0.3, 0.4) is 0 Å². The average Bonchev–Trinajstić information content (AvgIpc) is 2.67. The topological polar surface area (TPSA) is 76.4 Å². The summed E-state index contributed by atoms with van der Waals surface area (Å²) in [5.41, 5.74) is 1.06. The first-order valence-electron chi connectivity index (χ1n) is 6.15. The molecule has 0 fully saturated rings. The van der Waals surface area contributed by atoms with E-state index in [4.69, 9.17) is 9.84 Å². The lowest BCUT2D eigenvalue weighted by atomic mass is 10.0. The molecular formula is C12H19N3O3. The standard InChI is InChI=1S/C12H19N3O3/c1-8-14-11(12(16)17)10-4-3-9(7-15(8)10)13-5-6-18-2/h9,13H,3-7H2,1-2H3,(H,16,17). The summed E-state index contributed by atoms with van der Waals surface area (Å²) in [5, 5.41) is 12.5. The molecule has 6 heteroatoms. The Balaban J connectivity index is 2.08. The number of carbonyl (C=O) groups is 1. The Morgan fingerprint density at radius 3 is 3.11 bits per heavy atom. The number of fused-ring (bicyclic) bond motifs is 1. The Morgan fingerprint density at radius 1 is 1.67 bits per heavy atom. The molecule has 1 aliphatic rings. The molecule has 6 nitrogen and oxygen atoms in total. The lowest BCUT2D eigenvalue weighted by Gasteiger charge is -2.26. The fourth-order valence-corrected chi connectivity index (χ4v) is 2.43. The van der Waals surface area contributed by atoms with E-state index in [1.165, 1.54) is 0 Å². The first-order valence-corrected chi connectivity index (χ1v) is 6.15. The third-order valence-corrected chi connectivity index (χ3v) is 3.34. The Kier molecular flexibility index (Phi) is 3.98. The SMILES string of the molecule is COCCNC1CCc2c(C(=O)O)nc(C)n2C1. The van der Waals surface area contributed by atoms with Gasteiger partial charge in [-0.1, -0.05) is 0 Å². The van der Waals surface area contributed by atoms with Gasteiger partial charge >= 0.3 is 5.97 Å². The maximum absolute atomic E-state index is 11.1. The Morgan fingerprint density at radius 2 is 2.44 bits per heavy atom. The number of carboxylic acid groups (broad SMARTS) is 1. The number of imidazole rings is 1. The summed E-state index contributed by atoms with van der Waals surface area (Å²) < 4.78 is 7.01. The number of aryl methyl sites for hydroxylation is 1. The van der Waals surface area contributed by atoms with Gasteiger partial charge in [0.25, 0.3) is 0 Å². The fourth-order valence-electron chi connectivity index (χ4n) is 2.43. The van der Waals surface area contributed by atoms with Gasteiger partial charge < -0.3 is 19.7 Å². The van der Waals surface area contributed by atoms with Crippen molar-refractivity contribution in [2.75, 3.05) is 20.3 Å². The molecule has 0 amide bonds. The van der Waals surface area contributed by atoms with E-state index >= 15 is 0 Å². The first kappa shape index (κ1) is 13.0. The Hall–Kier alpha value is -1.40.